The van der Waals surface area contributed by atoms with Crippen LogP contribution in [-0.4, -0.2) is 39.3 Å². The zero-order valence-corrected chi connectivity index (χ0v) is 18.2. The minimum Gasteiger partial charge on any atom is -0.496 e. The van der Waals surface area contributed by atoms with Gasteiger partial charge >= 0.3 is 5.97 Å². The summed E-state index contributed by atoms with van der Waals surface area (Å²) in [5.74, 6) is 0.201. The first-order chi connectivity index (χ1) is 14.4. The third-order valence-electron chi connectivity index (χ3n) is 4.23. The fraction of sp³-hybridized carbons (Fsp3) is 0.364. The van der Waals surface area contributed by atoms with Crippen molar-refractivity contribution >= 4 is 23.5 Å². The quantitative estimate of drug-likeness (QED) is 0.563. The minimum absolute atomic E-state index is 0.159. The summed E-state index contributed by atoms with van der Waals surface area (Å²) in [6.07, 6.45) is 0.797. The molecule has 1 amide bonds. The van der Waals surface area contributed by atoms with Crippen molar-refractivity contribution in [2.45, 2.75) is 26.3 Å². The van der Waals surface area contributed by atoms with Gasteiger partial charge in [0, 0.05) is 5.56 Å². The SMILES string of the molecule is CCCOc1c(Cl)cc(C(=O)OCC(=O)NC(C)c2ccccc2OC)cc1OC. The molecule has 0 saturated heterocycles. The molecule has 0 saturated carbocycles. The lowest BCUT2D eigenvalue weighted by Crippen LogP contribution is -2.31. The van der Waals surface area contributed by atoms with Crippen LogP contribution in [0.25, 0.3) is 0 Å². The van der Waals surface area contributed by atoms with Crippen LogP contribution in [0.5, 0.6) is 17.2 Å². The Morgan fingerprint density at radius 1 is 1.10 bits per heavy atom. The van der Waals surface area contributed by atoms with Gasteiger partial charge < -0.3 is 24.3 Å². The van der Waals surface area contributed by atoms with Crippen molar-refractivity contribution in [3.05, 3.63) is 52.5 Å². The number of rotatable bonds is 10. The first-order valence-electron chi connectivity index (χ1n) is 9.50. The second-order valence-corrected chi connectivity index (χ2v) is 6.85. The number of methoxy groups -OCH3 is 2. The highest BCUT2D eigenvalue weighted by Crippen LogP contribution is 2.36. The highest BCUT2D eigenvalue weighted by Gasteiger charge is 2.19. The third kappa shape index (κ3) is 6.03. The Kier molecular flexibility index (Phi) is 8.80. The molecule has 0 aromatic heterocycles. The molecule has 0 heterocycles. The van der Waals surface area contributed by atoms with Crippen LogP contribution in [0, 0.1) is 0 Å². The number of hydrogen-bond acceptors (Lipinski definition) is 6. The number of halogens is 1. The van der Waals surface area contributed by atoms with E-state index in [9.17, 15) is 9.59 Å². The normalized spacial score (nSPS) is 11.4. The first kappa shape index (κ1) is 23.3. The lowest BCUT2D eigenvalue weighted by Gasteiger charge is -2.17. The van der Waals surface area contributed by atoms with Crippen molar-refractivity contribution in [3.8, 4) is 17.2 Å². The van der Waals surface area contributed by atoms with Crippen LogP contribution in [0.4, 0.5) is 0 Å². The summed E-state index contributed by atoms with van der Waals surface area (Å²) in [7, 11) is 3.01. The molecular formula is C22H26ClNO6. The van der Waals surface area contributed by atoms with E-state index >= 15 is 0 Å². The average molecular weight is 436 g/mol. The molecule has 0 radical (unpaired) electrons. The van der Waals surface area contributed by atoms with E-state index < -0.39 is 18.5 Å². The number of ether oxygens (including phenoxy) is 4. The van der Waals surface area contributed by atoms with Gasteiger partial charge in [-0.3, -0.25) is 4.79 Å². The zero-order valence-electron chi connectivity index (χ0n) is 17.5. The number of hydrogen-bond donors (Lipinski definition) is 1. The fourth-order valence-corrected chi connectivity index (χ4v) is 3.05. The molecule has 2 rings (SSSR count). The molecule has 1 unspecified atom stereocenters. The van der Waals surface area contributed by atoms with Gasteiger partial charge in [-0.2, -0.15) is 0 Å². The molecule has 0 aliphatic rings. The van der Waals surface area contributed by atoms with E-state index in [0.717, 1.165) is 12.0 Å². The maximum Gasteiger partial charge on any atom is 0.338 e. The molecule has 0 aliphatic carbocycles. The van der Waals surface area contributed by atoms with Crippen LogP contribution < -0.4 is 19.5 Å². The molecular weight excluding hydrogens is 410 g/mol. The summed E-state index contributed by atoms with van der Waals surface area (Å²) in [4.78, 5) is 24.6. The minimum atomic E-state index is -0.697. The molecule has 1 N–H and O–H groups in total. The molecule has 0 fully saturated rings. The topological polar surface area (TPSA) is 83.1 Å². The molecule has 30 heavy (non-hydrogen) atoms. The Morgan fingerprint density at radius 2 is 1.80 bits per heavy atom. The number of amides is 1. The van der Waals surface area contributed by atoms with E-state index in [4.69, 9.17) is 30.5 Å². The van der Waals surface area contributed by atoms with Gasteiger partial charge in [0.1, 0.15) is 5.75 Å². The van der Waals surface area contributed by atoms with Crippen molar-refractivity contribution in [1.29, 1.82) is 0 Å². The van der Waals surface area contributed by atoms with E-state index in [0.29, 0.717) is 23.9 Å². The van der Waals surface area contributed by atoms with Crippen molar-refractivity contribution in [3.63, 3.8) is 0 Å². The number of carbonyl (C=O) groups is 2. The summed E-state index contributed by atoms with van der Waals surface area (Å²) < 4.78 is 21.2. The van der Waals surface area contributed by atoms with Crippen LogP contribution in [-0.2, 0) is 9.53 Å². The molecule has 0 spiro atoms. The predicted octanol–water partition coefficient (Wildman–Crippen LogP) is 4.18. The van der Waals surface area contributed by atoms with E-state index in [-0.39, 0.29) is 16.6 Å². The number of esters is 1. The number of carbonyl (C=O) groups excluding carboxylic acids is 2. The lowest BCUT2D eigenvalue weighted by molar-refractivity contribution is -0.124. The highest BCUT2D eigenvalue weighted by molar-refractivity contribution is 6.32. The summed E-state index contributed by atoms with van der Waals surface area (Å²) in [5.41, 5.74) is 0.977. The van der Waals surface area contributed by atoms with Gasteiger partial charge in [-0.25, -0.2) is 4.79 Å². The Labute approximate surface area is 181 Å². The molecule has 2 aromatic rings. The van der Waals surface area contributed by atoms with E-state index in [1.165, 1.54) is 19.2 Å². The molecule has 162 valence electrons. The van der Waals surface area contributed by atoms with Gasteiger partial charge in [0.15, 0.2) is 18.1 Å². The van der Waals surface area contributed by atoms with Crippen molar-refractivity contribution in [2.75, 3.05) is 27.4 Å². The predicted molar refractivity (Wildman–Crippen MR) is 114 cm³/mol. The van der Waals surface area contributed by atoms with E-state index in [2.05, 4.69) is 5.32 Å². The first-order valence-corrected chi connectivity index (χ1v) is 9.88. The van der Waals surface area contributed by atoms with Crippen LogP contribution in [0.2, 0.25) is 5.02 Å². The maximum absolute atomic E-state index is 12.4. The van der Waals surface area contributed by atoms with E-state index in [1.807, 2.05) is 38.1 Å². The lowest BCUT2D eigenvalue weighted by atomic mass is 10.1. The van der Waals surface area contributed by atoms with Gasteiger partial charge in [-0.1, -0.05) is 36.7 Å². The Hall–Kier alpha value is -2.93. The Balaban J connectivity index is 1.99. The van der Waals surface area contributed by atoms with Gasteiger partial charge in [-0.15, -0.1) is 0 Å². The van der Waals surface area contributed by atoms with Gasteiger partial charge in [0.2, 0.25) is 0 Å². The average Bonchev–Trinajstić information content (AvgIpc) is 2.75. The zero-order chi connectivity index (χ0) is 22.1. The summed E-state index contributed by atoms with van der Waals surface area (Å²) in [6, 6.07) is 9.93. The Bertz CT molecular complexity index is 886. The largest absolute Gasteiger partial charge is 0.496 e. The third-order valence-corrected chi connectivity index (χ3v) is 4.51. The van der Waals surface area contributed by atoms with Crippen LogP contribution >= 0.6 is 11.6 Å². The summed E-state index contributed by atoms with van der Waals surface area (Å²) in [5, 5.41) is 3.00. The van der Waals surface area contributed by atoms with Gasteiger partial charge in [0.05, 0.1) is 37.5 Å². The smallest absolute Gasteiger partial charge is 0.338 e. The van der Waals surface area contributed by atoms with E-state index in [1.54, 1.807) is 7.11 Å². The molecule has 2 aromatic carbocycles. The summed E-state index contributed by atoms with van der Waals surface area (Å²) in [6.45, 7) is 3.81. The summed E-state index contributed by atoms with van der Waals surface area (Å²) >= 11 is 6.22. The molecule has 0 bridgehead atoms. The van der Waals surface area contributed by atoms with Crippen molar-refractivity contribution < 1.29 is 28.5 Å². The number of nitrogens with one attached hydrogen (secondary N) is 1. The standard InChI is InChI=1S/C22H26ClNO6/c1-5-10-29-21-17(23)11-15(12-19(21)28-4)22(26)30-13-20(25)24-14(2)16-8-6-7-9-18(16)27-3/h6-9,11-12,14H,5,10,13H2,1-4H3,(H,24,25). The molecule has 1 atom stereocenters. The second-order valence-electron chi connectivity index (χ2n) is 6.45. The highest BCUT2D eigenvalue weighted by atomic mass is 35.5. The van der Waals surface area contributed by atoms with Gasteiger partial charge in [-0.05, 0) is 31.5 Å². The molecule has 7 nitrogen and oxygen atoms in total. The van der Waals surface area contributed by atoms with Gasteiger partial charge in [0.25, 0.3) is 5.91 Å². The molecule has 0 aliphatic heterocycles. The fourth-order valence-electron chi connectivity index (χ4n) is 2.78. The number of benzene rings is 2. The van der Waals surface area contributed by atoms with Crippen molar-refractivity contribution in [1.82, 2.24) is 5.32 Å². The van der Waals surface area contributed by atoms with Crippen LogP contribution in [0.15, 0.2) is 36.4 Å². The molecule has 8 heteroatoms. The van der Waals surface area contributed by atoms with Crippen LogP contribution in [0.3, 0.4) is 0 Å². The maximum atomic E-state index is 12.4. The van der Waals surface area contributed by atoms with Crippen molar-refractivity contribution in [2.24, 2.45) is 0 Å². The second kappa shape index (κ2) is 11.3. The number of para-hydroxylation sites is 1. The van der Waals surface area contributed by atoms with Crippen LogP contribution in [0.1, 0.15) is 42.2 Å². The monoisotopic (exact) mass is 435 g/mol. The Morgan fingerprint density at radius 3 is 2.47 bits per heavy atom.